The Bertz CT molecular complexity index is 1290. The number of pyridine rings is 1. The molecule has 3 aromatic heterocycles. The molecule has 0 saturated heterocycles. The molecule has 164 valence electrons. The lowest BCUT2D eigenvalue weighted by molar-refractivity contribution is -0.142. The molecule has 0 atom stereocenters. The van der Waals surface area contributed by atoms with Gasteiger partial charge in [0.2, 0.25) is 0 Å². The number of hydrogen-bond donors (Lipinski definition) is 1. The van der Waals surface area contributed by atoms with Gasteiger partial charge in [-0.25, -0.2) is 9.50 Å². The predicted molar refractivity (Wildman–Crippen MR) is 109 cm³/mol. The second kappa shape index (κ2) is 8.17. The number of methoxy groups -OCH3 is 2. The molecule has 0 aliphatic carbocycles. The molecule has 0 fully saturated rings. The molecule has 0 aliphatic rings. The number of fused-ring (bicyclic) bond motifs is 1. The minimum Gasteiger partial charge on any atom is -0.493 e. The summed E-state index contributed by atoms with van der Waals surface area (Å²) in [6.45, 7) is 0. The van der Waals surface area contributed by atoms with Crippen molar-refractivity contribution in [2.24, 2.45) is 0 Å². The largest absolute Gasteiger partial charge is 0.493 e. The van der Waals surface area contributed by atoms with Crippen molar-refractivity contribution in [1.82, 2.24) is 19.6 Å². The van der Waals surface area contributed by atoms with E-state index in [1.165, 1.54) is 32.7 Å². The number of carbonyl (C=O) groups is 1. The van der Waals surface area contributed by atoms with Gasteiger partial charge in [0.05, 0.1) is 26.1 Å². The minimum atomic E-state index is -4.74. The molecule has 0 unspecified atom stereocenters. The highest BCUT2D eigenvalue weighted by Gasteiger charge is 2.36. The van der Waals surface area contributed by atoms with Crippen molar-refractivity contribution >= 4 is 17.2 Å². The zero-order valence-corrected chi connectivity index (χ0v) is 16.8. The molecule has 4 aromatic rings. The third-order valence-electron chi connectivity index (χ3n) is 4.62. The van der Waals surface area contributed by atoms with Crippen LogP contribution in [0.4, 0.5) is 18.9 Å². The van der Waals surface area contributed by atoms with E-state index in [9.17, 15) is 18.0 Å². The maximum atomic E-state index is 13.8. The first kappa shape index (κ1) is 21.1. The van der Waals surface area contributed by atoms with Crippen molar-refractivity contribution in [3.63, 3.8) is 0 Å². The van der Waals surface area contributed by atoms with Gasteiger partial charge in [-0.2, -0.15) is 18.3 Å². The number of anilines is 1. The molecular formula is C21H16F3N5O3. The van der Waals surface area contributed by atoms with E-state index in [-0.39, 0.29) is 16.9 Å². The summed E-state index contributed by atoms with van der Waals surface area (Å²) in [5.41, 5.74) is -0.668. The average molecular weight is 443 g/mol. The molecule has 32 heavy (non-hydrogen) atoms. The van der Waals surface area contributed by atoms with E-state index in [0.717, 1.165) is 12.3 Å². The highest BCUT2D eigenvalue weighted by Crippen LogP contribution is 2.35. The molecule has 1 aromatic carbocycles. The fourth-order valence-electron chi connectivity index (χ4n) is 3.10. The first-order valence-electron chi connectivity index (χ1n) is 9.21. The van der Waals surface area contributed by atoms with Crippen molar-refractivity contribution in [2.45, 2.75) is 6.18 Å². The summed E-state index contributed by atoms with van der Waals surface area (Å²) in [7, 11) is 2.86. The molecule has 0 aliphatic heterocycles. The number of alkyl halides is 3. The summed E-state index contributed by atoms with van der Waals surface area (Å²) in [4.78, 5) is 20.9. The van der Waals surface area contributed by atoms with Crippen LogP contribution in [0.1, 0.15) is 16.1 Å². The van der Waals surface area contributed by atoms with Gasteiger partial charge < -0.3 is 14.8 Å². The number of carbonyl (C=O) groups excluding carboxylic acids is 1. The van der Waals surface area contributed by atoms with Crippen molar-refractivity contribution in [2.75, 3.05) is 19.5 Å². The fourth-order valence-corrected chi connectivity index (χ4v) is 3.10. The number of nitrogens with zero attached hydrogens (tertiary/aromatic N) is 4. The van der Waals surface area contributed by atoms with Crippen LogP contribution in [0.25, 0.3) is 16.9 Å². The van der Waals surface area contributed by atoms with Crippen LogP contribution in [0.5, 0.6) is 11.5 Å². The number of hydrogen-bond acceptors (Lipinski definition) is 6. The Balaban J connectivity index is 1.86. The third-order valence-corrected chi connectivity index (χ3v) is 4.62. The summed E-state index contributed by atoms with van der Waals surface area (Å²) >= 11 is 0. The zero-order chi connectivity index (χ0) is 22.9. The first-order valence-corrected chi connectivity index (χ1v) is 9.21. The molecular weight excluding hydrogens is 427 g/mol. The summed E-state index contributed by atoms with van der Waals surface area (Å²) in [5, 5.41) is 6.36. The zero-order valence-electron chi connectivity index (χ0n) is 16.8. The number of benzene rings is 1. The van der Waals surface area contributed by atoms with Crippen LogP contribution in [0.3, 0.4) is 0 Å². The maximum Gasteiger partial charge on any atom is 0.433 e. The Hall–Kier alpha value is -4.15. The van der Waals surface area contributed by atoms with Crippen LogP contribution in [-0.2, 0) is 6.18 Å². The van der Waals surface area contributed by atoms with Crippen LogP contribution >= 0.6 is 0 Å². The van der Waals surface area contributed by atoms with Gasteiger partial charge in [0.25, 0.3) is 5.91 Å². The lowest BCUT2D eigenvalue weighted by Crippen LogP contribution is -2.15. The van der Waals surface area contributed by atoms with Crippen LogP contribution in [0, 0.1) is 0 Å². The van der Waals surface area contributed by atoms with Crippen LogP contribution in [-0.4, -0.2) is 39.7 Å². The number of aromatic nitrogens is 4. The van der Waals surface area contributed by atoms with E-state index >= 15 is 0 Å². The quantitative estimate of drug-likeness (QED) is 0.500. The SMILES string of the molecule is COc1ccc(-c2cc(C(F)(F)F)n3ncc(C(=O)Nc4ccncc4)c3n2)cc1OC. The van der Waals surface area contributed by atoms with Crippen LogP contribution in [0.2, 0.25) is 0 Å². The second-order valence-corrected chi connectivity index (χ2v) is 6.58. The molecule has 1 amide bonds. The van der Waals surface area contributed by atoms with Gasteiger partial charge in [0.15, 0.2) is 22.8 Å². The minimum absolute atomic E-state index is 0.00996. The van der Waals surface area contributed by atoms with E-state index in [1.54, 1.807) is 24.3 Å². The molecule has 8 nitrogen and oxygen atoms in total. The Morgan fingerprint density at radius 1 is 1.03 bits per heavy atom. The highest BCUT2D eigenvalue weighted by atomic mass is 19.4. The monoisotopic (exact) mass is 443 g/mol. The summed E-state index contributed by atoms with van der Waals surface area (Å²) < 4.78 is 52.4. The topological polar surface area (TPSA) is 90.6 Å². The summed E-state index contributed by atoms with van der Waals surface area (Å²) in [5.74, 6) is 0.0795. The average Bonchev–Trinajstić information content (AvgIpc) is 3.22. The highest BCUT2D eigenvalue weighted by molar-refractivity contribution is 6.08. The van der Waals surface area contributed by atoms with E-state index in [0.29, 0.717) is 27.3 Å². The van der Waals surface area contributed by atoms with Gasteiger partial charge in [-0.3, -0.25) is 9.78 Å². The number of rotatable bonds is 5. The van der Waals surface area contributed by atoms with Gasteiger partial charge in [-0.05, 0) is 36.4 Å². The Morgan fingerprint density at radius 3 is 2.41 bits per heavy atom. The Kier molecular flexibility index (Phi) is 5.39. The number of amides is 1. The van der Waals surface area contributed by atoms with Gasteiger partial charge in [0.1, 0.15) is 5.56 Å². The molecule has 0 bridgehead atoms. The van der Waals surface area contributed by atoms with Gasteiger partial charge in [-0.1, -0.05) is 0 Å². The second-order valence-electron chi connectivity index (χ2n) is 6.58. The van der Waals surface area contributed by atoms with E-state index in [4.69, 9.17) is 9.47 Å². The summed E-state index contributed by atoms with van der Waals surface area (Å²) in [6.07, 6.45) is -0.744. The third kappa shape index (κ3) is 3.92. The standard InChI is InChI=1S/C21H16F3N5O3/c1-31-16-4-3-12(9-17(16)32-2)15-10-18(21(22,23)24)29-19(28-15)14(11-26-29)20(30)27-13-5-7-25-8-6-13/h3-11H,1-2H3,(H,25,27,30). The van der Waals surface area contributed by atoms with Crippen molar-refractivity contribution in [3.8, 4) is 22.8 Å². The molecule has 0 radical (unpaired) electrons. The molecule has 0 spiro atoms. The van der Waals surface area contributed by atoms with E-state index < -0.39 is 17.8 Å². The molecule has 4 rings (SSSR count). The normalized spacial score (nSPS) is 11.4. The van der Waals surface area contributed by atoms with Gasteiger partial charge >= 0.3 is 6.18 Å². The lowest BCUT2D eigenvalue weighted by Gasteiger charge is -2.13. The number of nitrogens with one attached hydrogen (secondary N) is 1. The van der Waals surface area contributed by atoms with Crippen molar-refractivity contribution < 1.29 is 27.4 Å². The summed E-state index contributed by atoms with van der Waals surface area (Å²) in [6, 6.07) is 8.57. The van der Waals surface area contributed by atoms with E-state index in [1.807, 2.05) is 0 Å². The number of ether oxygens (including phenoxy) is 2. The molecule has 1 N–H and O–H groups in total. The predicted octanol–water partition coefficient (Wildman–Crippen LogP) is 4.08. The lowest BCUT2D eigenvalue weighted by atomic mass is 10.1. The molecule has 3 heterocycles. The van der Waals surface area contributed by atoms with Crippen LogP contribution < -0.4 is 14.8 Å². The van der Waals surface area contributed by atoms with E-state index in [2.05, 4.69) is 20.4 Å². The van der Waals surface area contributed by atoms with Crippen molar-refractivity contribution in [1.29, 1.82) is 0 Å². The smallest absolute Gasteiger partial charge is 0.433 e. The fraction of sp³-hybridized carbons (Fsp3) is 0.143. The Labute approximate surface area is 179 Å². The molecule has 0 saturated carbocycles. The molecule has 11 heteroatoms. The maximum absolute atomic E-state index is 13.8. The van der Waals surface area contributed by atoms with Crippen LogP contribution in [0.15, 0.2) is 55.0 Å². The first-order chi connectivity index (χ1) is 15.3. The van der Waals surface area contributed by atoms with Crippen molar-refractivity contribution in [3.05, 3.63) is 66.2 Å². The Morgan fingerprint density at radius 2 is 1.75 bits per heavy atom. The number of halogens is 3. The van der Waals surface area contributed by atoms with Gasteiger partial charge in [0, 0.05) is 23.6 Å². The van der Waals surface area contributed by atoms with Gasteiger partial charge in [-0.15, -0.1) is 0 Å².